The van der Waals surface area contributed by atoms with Crippen molar-refractivity contribution in [3.05, 3.63) is 29.8 Å². The van der Waals surface area contributed by atoms with E-state index in [1.807, 2.05) is 13.0 Å². The quantitative estimate of drug-likeness (QED) is 0.809. The van der Waals surface area contributed by atoms with Gasteiger partial charge in [-0.25, -0.2) is 0 Å². The molecule has 0 bridgehead atoms. The monoisotopic (exact) mass is 289 g/mol. The SMILES string of the molecule is CCCNC(=O)CN(C)C(=O)COc1ccccc1C#N. The molecule has 0 saturated heterocycles. The van der Waals surface area contributed by atoms with Crippen LogP contribution in [-0.2, 0) is 9.59 Å². The van der Waals surface area contributed by atoms with E-state index in [9.17, 15) is 9.59 Å². The number of nitrogens with zero attached hydrogens (tertiary/aromatic N) is 2. The van der Waals surface area contributed by atoms with Crippen LogP contribution in [0.3, 0.4) is 0 Å². The number of nitrogens with one attached hydrogen (secondary N) is 1. The maximum Gasteiger partial charge on any atom is 0.260 e. The van der Waals surface area contributed by atoms with Gasteiger partial charge in [0.05, 0.1) is 12.1 Å². The Kier molecular flexibility index (Phi) is 6.75. The third kappa shape index (κ3) is 5.53. The Morgan fingerprint density at radius 3 is 2.76 bits per heavy atom. The number of carbonyl (C=O) groups is 2. The number of benzene rings is 1. The van der Waals surface area contributed by atoms with Crippen LogP contribution < -0.4 is 10.1 Å². The molecule has 0 aliphatic heterocycles. The molecule has 0 unspecified atom stereocenters. The molecule has 0 aromatic heterocycles. The summed E-state index contributed by atoms with van der Waals surface area (Å²) in [4.78, 5) is 24.7. The van der Waals surface area contributed by atoms with Crippen LogP contribution in [-0.4, -0.2) is 43.5 Å². The van der Waals surface area contributed by atoms with Crippen LogP contribution in [0.5, 0.6) is 5.75 Å². The van der Waals surface area contributed by atoms with Crippen molar-refractivity contribution in [1.82, 2.24) is 10.2 Å². The third-order valence-corrected chi connectivity index (χ3v) is 2.74. The van der Waals surface area contributed by atoms with Gasteiger partial charge in [0, 0.05) is 13.6 Å². The van der Waals surface area contributed by atoms with Crippen LogP contribution in [0.25, 0.3) is 0 Å². The average Bonchev–Trinajstić information content (AvgIpc) is 2.50. The number of nitriles is 1. The van der Waals surface area contributed by atoms with Gasteiger partial charge in [-0.3, -0.25) is 9.59 Å². The molecule has 0 radical (unpaired) electrons. The van der Waals surface area contributed by atoms with Crippen molar-refractivity contribution < 1.29 is 14.3 Å². The van der Waals surface area contributed by atoms with Crippen molar-refractivity contribution in [1.29, 1.82) is 5.26 Å². The minimum atomic E-state index is -0.325. The first kappa shape index (κ1) is 16.5. The second-order valence-electron chi connectivity index (χ2n) is 4.50. The summed E-state index contributed by atoms with van der Waals surface area (Å²) in [5.41, 5.74) is 0.369. The molecular formula is C15H19N3O3. The maximum atomic E-state index is 11.9. The molecule has 1 aromatic rings. The fourth-order valence-electron chi connectivity index (χ4n) is 1.56. The van der Waals surface area contributed by atoms with E-state index in [0.717, 1.165) is 6.42 Å². The van der Waals surface area contributed by atoms with Gasteiger partial charge in [-0.15, -0.1) is 0 Å². The highest BCUT2D eigenvalue weighted by Crippen LogP contribution is 2.16. The van der Waals surface area contributed by atoms with E-state index in [1.165, 1.54) is 11.9 Å². The predicted octanol–water partition coefficient (Wildman–Crippen LogP) is 0.922. The summed E-state index contributed by atoms with van der Waals surface area (Å²) >= 11 is 0. The lowest BCUT2D eigenvalue weighted by Gasteiger charge is -2.17. The summed E-state index contributed by atoms with van der Waals surface area (Å²) in [6, 6.07) is 8.67. The van der Waals surface area contributed by atoms with E-state index >= 15 is 0 Å². The average molecular weight is 289 g/mol. The summed E-state index contributed by atoms with van der Waals surface area (Å²) in [6.07, 6.45) is 0.845. The standard InChI is InChI=1S/C15H19N3O3/c1-3-8-17-14(19)10-18(2)15(20)11-21-13-7-5-4-6-12(13)9-16/h4-7H,3,8,10-11H2,1-2H3,(H,17,19). The molecule has 1 aromatic carbocycles. The molecule has 1 rings (SSSR count). The van der Waals surface area contributed by atoms with Crippen LogP contribution >= 0.6 is 0 Å². The molecule has 0 aliphatic rings. The van der Waals surface area contributed by atoms with Crippen molar-refractivity contribution in [3.63, 3.8) is 0 Å². The molecule has 1 N–H and O–H groups in total. The topological polar surface area (TPSA) is 82.4 Å². The van der Waals surface area contributed by atoms with Crippen LogP contribution in [0.2, 0.25) is 0 Å². The molecule has 0 saturated carbocycles. The fraction of sp³-hybridized carbons (Fsp3) is 0.400. The Hall–Kier alpha value is -2.55. The van der Waals surface area contributed by atoms with E-state index in [2.05, 4.69) is 5.32 Å². The maximum absolute atomic E-state index is 11.9. The number of rotatable bonds is 7. The van der Waals surface area contributed by atoms with Crippen molar-refractivity contribution >= 4 is 11.8 Å². The van der Waals surface area contributed by atoms with Crippen LogP contribution in [0.15, 0.2) is 24.3 Å². The number of para-hydroxylation sites is 1. The van der Waals surface area contributed by atoms with E-state index in [-0.39, 0.29) is 25.0 Å². The Balaban J connectivity index is 2.46. The van der Waals surface area contributed by atoms with Gasteiger partial charge >= 0.3 is 0 Å². The van der Waals surface area contributed by atoms with E-state index in [4.69, 9.17) is 10.00 Å². The lowest BCUT2D eigenvalue weighted by molar-refractivity contribution is -0.136. The Morgan fingerprint density at radius 2 is 2.10 bits per heavy atom. The molecule has 6 heteroatoms. The number of likely N-dealkylation sites (N-methyl/N-ethyl adjacent to an activating group) is 1. The molecule has 0 atom stereocenters. The van der Waals surface area contributed by atoms with Crippen molar-refractivity contribution in [2.75, 3.05) is 26.7 Å². The molecule has 112 valence electrons. The van der Waals surface area contributed by atoms with Gasteiger partial charge < -0.3 is 15.0 Å². The summed E-state index contributed by atoms with van der Waals surface area (Å²) < 4.78 is 5.33. The van der Waals surface area contributed by atoms with Gasteiger partial charge in [0.1, 0.15) is 11.8 Å². The lowest BCUT2D eigenvalue weighted by Crippen LogP contribution is -2.40. The molecule has 0 fully saturated rings. The van der Waals surface area contributed by atoms with Crippen molar-refractivity contribution in [2.45, 2.75) is 13.3 Å². The smallest absolute Gasteiger partial charge is 0.260 e. The number of amides is 2. The first-order valence-electron chi connectivity index (χ1n) is 6.71. The van der Waals surface area contributed by atoms with Crippen LogP contribution in [0.4, 0.5) is 0 Å². The van der Waals surface area contributed by atoms with Gasteiger partial charge in [-0.1, -0.05) is 19.1 Å². The van der Waals surface area contributed by atoms with Gasteiger partial charge in [-0.05, 0) is 18.6 Å². The minimum Gasteiger partial charge on any atom is -0.482 e. The Labute approximate surface area is 124 Å². The molecule has 0 spiro atoms. The number of ether oxygens (including phenoxy) is 1. The zero-order valence-electron chi connectivity index (χ0n) is 12.3. The second-order valence-corrected chi connectivity index (χ2v) is 4.50. The van der Waals surface area contributed by atoms with Crippen molar-refractivity contribution in [3.8, 4) is 11.8 Å². The van der Waals surface area contributed by atoms with Gasteiger partial charge in [0.25, 0.3) is 5.91 Å². The molecule has 0 aliphatic carbocycles. The number of hydrogen-bond donors (Lipinski definition) is 1. The molecule has 0 heterocycles. The second kappa shape index (κ2) is 8.59. The fourth-order valence-corrected chi connectivity index (χ4v) is 1.56. The summed E-state index contributed by atoms with van der Waals surface area (Å²) in [5.74, 6) is -0.170. The highest BCUT2D eigenvalue weighted by atomic mass is 16.5. The van der Waals surface area contributed by atoms with Gasteiger partial charge in [-0.2, -0.15) is 5.26 Å². The molecule has 2 amide bonds. The summed E-state index contributed by atoms with van der Waals surface area (Å²) in [5, 5.41) is 11.6. The highest BCUT2D eigenvalue weighted by molar-refractivity contribution is 5.85. The molecular weight excluding hydrogens is 270 g/mol. The van der Waals surface area contributed by atoms with Crippen molar-refractivity contribution in [2.24, 2.45) is 0 Å². The zero-order chi connectivity index (χ0) is 15.7. The summed E-state index contributed by atoms with van der Waals surface area (Å²) in [6.45, 7) is 2.32. The normalized spacial score (nSPS) is 9.57. The van der Waals surface area contributed by atoms with Gasteiger partial charge in [0.2, 0.25) is 5.91 Å². The van der Waals surface area contributed by atoms with Gasteiger partial charge in [0.15, 0.2) is 6.61 Å². The molecule has 21 heavy (non-hydrogen) atoms. The number of hydrogen-bond acceptors (Lipinski definition) is 4. The highest BCUT2D eigenvalue weighted by Gasteiger charge is 2.14. The Morgan fingerprint density at radius 1 is 1.38 bits per heavy atom. The zero-order valence-corrected chi connectivity index (χ0v) is 12.3. The molecule has 6 nitrogen and oxygen atoms in total. The third-order valence-electron chi connectivity index (χ3n) is 2.74. The Bertz CT molecular complexity index is 537. The van der Waals surface area contributed by atoms with Crippen LogP contribution in [0, 0.1) is 11.3 Å². The van der Waals surface area contributed by atoms with E-state index in [0.29, 0.717) is 17.9 Å². The number of carbonyl (C=O) groups excluding carboxylic acids is 2. The van der Waals surface area contributed by atoms with E-state index in [1.54, 1.807) is 24.3 Å². The first-order valence-corrected chi connectivity index (χ1v) is 6.71. The minimum absolute atomic E-state index is 0.0118. The lowest BCUT2D eigenvalue weighted by atomic mass is 10.2. The predicted molar refractivity (Wildman–Crippen MR) is 77.6 cm³/mol. The van der Waals surface area contributed by atoms with Crippen LogP contribution in [0.1, 0.15) is 18.9 Å². The first-order chi connectivity index (χ1) is 10.1. The summed E-state index contributed by atoms with van der Waals surface area (Å²) in [7, 11) is 1.54. The largest absolute Gasteiger partial charge is 0.482 e. The van der Waals surface area contributed by atoms with E-state index < -0.39 is 0 Å².